The monoisotopic (exact) mass is 324 g/mol. The molecule has 24 heavy (non-hydrogen) atoms. The molecule has 3 rings (SSSR count). The number of ether oxygens (including phenoxy) is 1. The van der Waals surface area contributed by atoms with Crippen LogP contribution in [-0.2, 0) is 17.7 Å². The highest BCUT2D eigenvalue weighted by Crippen LogP contribution is 2.25. The summed E-state index contributed by atoms with van der Waals surface area (Å²) in [5.41, 5.74) is 4.24. The van der Waals surface area contributed by atoms with Crippen molar-refractivity contribution in [2.75, 3.05) is 16.8 Å². The van der Waals surface area contributed by atoms with Gasteiger partial charge in [0.25, 0.3) is 0 Å². The zero-order valence-corrected chi connectivity index (χ0v) is 14.5. The van der Waals surface area contributed by atoms with Crippen molar-refractivity contribution in [3.63, 3.8) is 0 Å². The van der Waals surface area contributed by atoms with Crippen LogP contribution in [0.5, 0.6) is 0 Å². The number of fused-ring (bicyclic) bond motifs is 1. The Morgan fingerprint density at radius 1 is 1.04 bits per heavy atom. The minimum Gasteiger partial charge on any atom is -0.444 e. The topological polar surface area (TPSA) is 41.6 Å². The fraction of sp³-hybridized carbons (Fsp3) is 0.350. The Kier molecular flexibility index (Phi) is 4.47. The summed E-state index contributed by atoms with van der Waals surface area (Å²) in [6.45, 7) is 7.49. The van der Waals surface area contributed by atoms with E-state index in [1.165, 1.54) is 16.8 Å². The van der Waals surface area contributed by atoms with Crippen LogP contribution in [0.2, 0.25) is 0 Å². The Hall–Kier alpha value is -2.49. The molecule has 2 aromatic carbocycles. The fourth-order valence-electron chi connectivity index (χ4n) is 2.89. The average molecular weight is 324 g/mol. The van der Waals surface area contributed by atoms with Gasteiger partial charge in [-0.25, -0.2) is 4.79 Å². The molecule has 1 aliphatic rings. The van der Waals surface area contributed by atoms with Gasteiger partial charge in [-0.05, 0) is 62.6 Å². The standard InChI is InChI=1S/C20H24N2O2/c1-20(2,3)24-19(23)21-17-8-10-18(11-9-17)22-13-12-15-6-4-5-7-16(15)14-22/h4-11H,12-14H2,1-3H3,(H,21,23). The SMILES string of the molecule is CC(C)(C)OC(=O)Nc1ccc(N2CCc3ccccc3C2)cc1. The molecule has 1 aliphatic heterocycles. The number of nitrogens with one attached hydrogen (secondary N) is 1. The van der Waals surface area contributed by atoms with Crippen molar-refractivity contribution in [1.82, 2.24) is 0 Å². The number of benzene rings is 2. The number of amides is 1. The highest BCUT2D eigenvalue weighted by atomic mass is 16.6. The Bertz CT molecular complexity index is 717. The predicted octanol–water partition coefficient (Wildman–Crippen LogP) is 4.60. The number of hydrogen-bond donors (Lipinski definition) is 1. The van der Waals surface area contributed by atoms with Gasteiger partial charge in [0.15, 0.2) is 0 Å². The van der Waals surface area contributed by atoms with Crippen molar-refractivity contribution < 1.29 is 9.53 Å². The van der Waals surface area contributed by atoms with Crippen LogP contribution in [0.1, 0.15) is 31.9 Å². The van der Waals surface area contributed by atoms with Gasteiger partial charge >= 0.3 is 6.09 Å². The van der Waals surface area contributed by atoms with Crippen molar-refractivity contribution in [3.8, 4) is 0 Å². The second-order valence-electron chi connectivity index (χ2n) is 7.11. The van der Waals surface area contributed by atoms with Crippen LogP contribution in [0.3, 0.4) is 0 Å². The molecule has 0 saturated heterocycles. The van der Waals surface area contributed by atoms with E-state index in [0.717, 1.165) is 25.2 Å². The van der Waals surface area contributed by atoms with Crippen LogP contribution >= 0.6 is 0 Å². The third kappa shape index (κ3) is 4.07. The van der Waals surface area contributed by atoms with E-state index < -0.39 is 11.7 Å². The van der Waals surface area contributed by atoms with Gasteiger partial charge in [-0.3, -0.25) is 5.32 Å². The molecular weight excluding hydrogens is 300 g/mol. The molecule has 0 aromatic heterocycles. The first-order chi connectivity index (χ1) is 11.4. The summed E-state index contributed by atoms with van der Waals surface area (Å²) < 4.78 is 5.27. The lowest BCUT2D eigenvalue weighted by Gasteiger charge is -2.30. The first-order valence-electron chi connectivity index (χ1n) is 8.32. The van der Waals surface area contributed by atoms with Gasteiger partial charge < -0.3 is 9.64 Å². The normalized spacial score (nSPS) is 14.0. The number of carbonyl (C=O) groups excluding carboxylic acids is 1. The molecule has 0 radical (unpaired) electrons. The molecule has 4 heteroatoms. The van der Waals surface area contributed by atoms with Crippen molar-refractivity contribution in [1.29, 1.82) is 0 Å². The maximum atomic E-state index is 11.8. The molecule has 2 aromatic rings. The third-order valence-electron chi connectivity index (χ3n) is 4.01. The molecule has 0 unspecified atom stereocenters. The van der Waals surface area contributed by atoms with E-state index in [0.29, 0.717) is 0 Å². The van der Waals surface area contributed by atoms with E-state index >= 15 is 0 Å². The molecule has 0 aliphatic carbocycles. The molecular formula is C20H24N2O2. The zero-order chi connectivity index (χ0) is 17.2. The van der Waals surface area contributed by atoms with Gasteiger partial charge in [0.05, 0.1) is 0 Å². The summed E-state index contributed by atoms with van der Waals surface area (Å²) in [6.07, 6.45) is 0.635. The fourth-order valence-corrected chi connectivity index (χ4v) is 2.89. The maximum absolute atomic E-state index is 11.8. The highest BCUT2D eigenvalue weighted by Gasteiger charge is 2.17. The number of rotatable bonds is 2. The van der Waals surface area contributed by atoms with Crippen LogP contribution < -0.4 is 10.2 Å². The maximum Gasteiger partial charge on any atom is 0.412 e. The summed E-state index contributed by atoms with van der Waals surface area (Å²) in [4.78, 5) is 14.2. The van der Waals surface area contributed by atoms with Gasteiger partial charge in [0.2, 0.25) is 0 Å². The van der Waals surface area contributed by atoms with Crippen LogP contribution in [-0.4, -0.2) is 18.2 Å². The molecule has 4 nitrogen and oxygen atoms in total. The zero-order valence-electron chi connectivity index (χ0n) is 14.5. The molecule has 1 heterocycles. The number of hydrogen-bond acceptors (Lipinski definition) is 3. The minimum absolute atomic E-state index is 0.429. The van der Waals surface area contributed by atoms with Gasteiger partial charge in [-0.15, -0.1) is 0 Å². The van der Waals surface area contributed by atoms with Gasteiger partial charge in [0.1, 0.15) is 5.60 Å². The Morgan fingerprint density at radius 3 is 2.38 bits per heavy atom. The predicted molar refractivity (Wildman–Crippen MR) is 97.5 cm³/mol. The largest absolute Gasteiger partial charge is 0.444 e. The number of nitrogens with zero attached hydrogens (tertiary/aromatic N) is 1. The van der Waals surface area contributed by atoms with Crippen LogP contribution in [0, 0.1) is 0 Å². The second-order valence-corrected chi connectivity index (χ2v) is 7.11. The third-order valence-corrected chi connectivity index (χ3v) is 4.01. The van der Waals surface area contributed by atoms with E-state index in [4.69, 9.17) is 4.74 Å². The summed E-state index contributed by atoms with van der Waals surface area (Å²) in [7, 11) is 0. The average Bonchev–Trinajstić information content (AvgIpc) is 2.53. The quantitative estimate of drug-likeness (QED) is 0.878. The Balaban J connectivity index is 1.64. The van der Waals surface area contributed by atoms with Gasteiger partial charge in [-0.1, -0.05) is 24.3 Å². The lowest BCUT2D eigenvalue weighted by atomic mass is 9.99. The van der Waals surface area contributed by atoms with E-state index in [9.17, 15) is 4.79 Å². The number of carbonyl (C=O) groups is 1. The van der Waals surface area contributed by atoms with Crippen molar-refractivity contribution in [2.45, 2.75) is 39.3 Å². The lowest BCUT2D eigenvalue weighted by Crippen LogP contribution is -2.30. The van der Waals surface area contributed by atoms with Crippen LogP contribution in [0.4, 0.5) is 16.2 Å². The van der Waals surface area contributed by atoms with E-state index in [-0.39, 0.29) is 0 Å². The molecule has 1 amide bonds. The van der Waals surface area contributed by atoms with Crippen LogP contribution in [0.25, 0.3) is 0 Å². The summed E-state index contributed by atoms with van der Waals surface area (Å²) >= 11 is 0. The summed E-state index contributed by atoms with van der Waals surface area (Å²) in [6, 6.07) is 16.5. The second kappa shape index (κ2) is 6.56. The van der Waals surface area contributed by atoms with Gasteiger partial charge in [0, 0.05) is 24.5 Å². The van der Waals surface area contributed by atoms with E-state index in [1.807, 2.05) is 45.0 Å². The molecule has 0 atom stereocenters. The molecule has 0 spiro atoms. The Morgan fingerprint density at radius 2 is 1.71 bits per heavy atom. The lowest BCUT2D eigenvalue weighted by molar-refractivity contribution is 0.0636. The molecule has 126 valence electrons. The van der Waals surface area contributed by atoms with E-state index in [2.05, 4.69) is 34.5 Å². The number of anilines is 2. The smallest absolute Gasteiger partial charge is 0.412 e. The first-order valence-corrected chi connectivity index (χ1v) is 8.32. The van der Waals surface area contributed by atoms with Crippen molar-refractivity contribution in [3.05, 3.63) is 59.7 Å². The molecule has 0 saturated carbocycles. The first kappa shape index (κ1) is 16.4. The Labute approximate surface area is 143 Å². The molecule has 1 N–H and O–H groups in total. The van der Waals surface area contributed by atoms with Crippen molar-refractivity contribution >= 4 is 17.5 Å². The summed E-state index contributed by atoms with van der Waals surface area (Å²) in [5.74, 6) is 0. The van der Waals surface area contributed by atoms with Gasteiger partial charge in [-0.2, -0.15) is 0 Å². The van der Waals surface area contributed by atoms with E-state index in [1.54, 1.807) is 0 Å². The van der Waals surface area contributed by atoms with Crippen LogP contribution in [0.15, 0.2) is 48.5 Å². The van der Waals surface area contributed by atoms with Crippen molar-refractivity contribution in [2.24, 2.45) is 0 Å². The molecule has 0 fully saturated rings. The summed E-state index contributed by atoms with van der Waals surface area (Å²) in [5, 5.41) is 2.76. The molecule has 0 bridgehead atoms. The minimum atomic E-state index is -0.495. The highest BCUT2D eigenvalue weighted by molar-refractivity contribution is 5.85.